The molecular weight excluding hydrogens is 352 g/mol. The molecule has 1 amide bonds. The number of hydrogen-bond donors (Lipinski definition) is 1. The minimum absolute atomic E-state index is 0.0923. The van der Waals surface area contributed by atoms with E-state index in [1.54, 1.807) is 19.2 Å². The Hall–Kier alpha value is -3.75. The lowest BCUT2D eigenvalue weighted by molar-refractivity contribution is -0.384. The quantitative estimate of drug-likeness (QED) is 0.522. The molecule has 0 radical (unpaired) electrons. The van der Waals surface area contributed by atoms with Gasteiger partial charge in [-0.15, -0.1) is 0 Å². The Kier molecular flexibility index (Phi) is 5.11. The van der Waals surface area contributed by atoms with E-state index in [1.165, 1.54) is 18.5 Å². The molecule has 0 spiro atoms. The zero-order chi connectivity index (χ0) is 19.4. The first kappa shape index (κ1) is 18.1. The van der Waals surface area contributed by atoms with Crippen LogP contribution in [0.4, 0.5) is 5.69 Å². The number of nitrogens with one attached hydrogen (secondary N) is 1. The highest BCUT2D eigenvalue weighted by Gasteiger charge is 2.12. The van der Waals surface area contributed by atoms with Gasteiger partial charge in [-0.1, -0.05) is 12.1 Å². The largest absolute Gasteiger partial charge is 0.497 e. The average Bonchev–Trinajstić information content (AvgIpc) is 2.68. The van der Waals surface area contributed by atoms with Gasteiger partial charge in [-0.05, 0) is 23.8 Å². The zero-order valence-corrected chi connectivity index (χ0v) is 14.4. The molecule has 1 aromatic heterocycles. The molecule has 9 heteroatoms. The molecule has 27 heavy (non-hydrogen) atoms. The molecule has 0 aliphatic rings. The van der Waals surface area contributed by atoms with Crippen LogP contribution in [-0.4, -0.2) is 27.5 Å². The number of rotatable bonds is 6. The van der Waals surface area contributed by atoms with Crippen LogP contribution in [0, 0.1) is 10.1 Å². The number of ether oxygens (including phenoxy) is 1. The first-order valence-corrected chi connectivity index (χ1v) is 8.01. The van der Waals surface area contributed by atoms with Crippen molar-refractivity contribution in [3.05, 3.63) is 74.8 Å². The fourth-order valence-electron chi connectivity index (χ4n) is 2.53. The molecule has 138 valence electrons. The summed E-state index contributed by atoms with van der Waals surface area (Å²) in [6.07, 6.45) is 1.25. The molecule has 0 fully saturated rings. The molecule has 1 heterocycles. The lowest BCUT2D eigenvalue weighted by Gasteiger charge is -2.08. The fourth-order valence-corrected chi connectivity index (χ4v) is 2.53. The van der Waals surface area contributed by atoms with Crippen molar-refractivity contribution in [3.63, 3.8) is 0 Å². The summed E-state index contributed by atoms with van der Waals surface area (Å²) >= 11 is 0. The molecule has 0 saturated heterocycles. The smallest absolute Gasteiger partial charge is 0.270 e. The number of nitro groups is 1. The van der Waals surface area contributed by atoms with Gasteiger partial charge in [-0.2, -0.15) is 0 Å². The number of aromatic nitrogens is 2. The average molecular weight is 368 g/mol. The topological polar surface area (TPSA) is 116 Å². The van der Waals surface area contributed by atoms with Crippen molar-refractivity contribution in [1.82, 2.24) is 14.9 Å². The van der Waals surface area contributed by atoms with Crippen LogP contribution in [0.2, 0.25) is 0 Å². The molecule has 0 aliphatic carbocycles. The number of carbonyl (C=O) groups is 1. The Balaban J connectivity index is 1.73. The van der Waals surface area contributed by atoms with E-state index in [4.69, 9.17) is 4.74 Å². The second-order valence-electron chi connectivity index (χ2n) is 5.76. The third kappa shape index (κ3) is 4.09. The third-order valence-corrected chi connectivity index (χ3v) is 3.98. The van der Waals surface area contributed by atoms with E-state index >= 15 is 0 Å². The number of methoxy groups -OCH3 is 1. The Morgan fingerprint density at radius 3 is 2.67 bits per heavy atom. The van der Waals surface area contributed by atoms with Crippen molar-refractivity contribution in [3.8, 4) is 5.75 Å². The highest BCUT2D eigenvalue weighted by atomic mass is 16.6. The standard InChI is InChI=1S/C18H16N4O5/c1-27-14-5-2-12(3-6-14)9-19-17(23)10-21-11-20-16-7-4-13(22(25)26)8-15(16)18(21)24/h2-8,11H,9-10H2,1H3,(H,19,23). The second kappa shape index (κ2) is 7.65. The monoisotopic (exact) mass is 368 g/mol. The molecule has 0 aliphatic heterocycles. The number of amides is 1. The molecule has 1 N–H and O–H groups in total. The van der Waals surface area contributed by atoms with E-state index in [0.717, 1.165) is 16.2 Å². The van der Waals surface area contributed by atoms with E-state index in [0.29, 0.717) is 17.8 Å². The van der Waals surface area contributed by atoms with Crippen LogP contribution in [0.25, 0.3) is 10.9 Å². The Bertz CT molecular complexity index is 1060. The Morgan fingerprint density at radius 2 is 2.00 bits per heavy atom. The Labute approximate surface area is 153 Å². The second-order valence-corrected chi connectivity index (χ2v) is 5.76. The number of nitro benzene ring substituents is 1. The van der Waals surface area contributed by atoms with Crippen LogP contribution < -0.4 is 15.6 Å². The number of hydrogen-bond acceptors (Lipinski definition) is 6. The van der Waals surface area contributed by atoms with Gasteiger partial charge in [0.15, 0.2) is 0 Å². The molecule has 3 rings (SSSR count). The SMILES string of the molecule is COc1ccc(CNC(=O)Cn2cnc3ccc([N+](=O)[O-])cc3c2=O)cc1. The normalized spacial score (nSPS) is 10.6. The van der Waals surface area contributed by atoms with Crippen LogP contribution in [-0.2, 0) is 17.9 Å². The molecule has 0 saturated carbocycles. The van der Waals surface area contributed by atoms with Gasteiger partial charge in [0.05, 0.1) is 29.3 Å². The molecule has 2 aromatic carbocycles. The summed E-state index contributed by atoms with van der Waals surface area (Å²) in [6.45, 7) is 0.0602. The fraction of sp³-hybridized carbons (Fsp3) is 0.167. The van der Waals surface area contributed by atoms with Gasteiger partial charge in [0, 0.05) is 18.7 Å². The van der Waals surface area contributed by atoms with Crippen LogP contribution in [0.1, 0.15) is 5.56 Å². The van der Waals surface area contributed by atoms with Crippen molar-refractivity contribution in [2.75, 3.05) is 7.11 Å². The maximum Gasteiger partial charge on any atom is 0.270 e. The number of non-ortho nitro benzene ring substituents is 1. The summed E-state index contributed by atoms with van der Waals surface area (Å²) in [5.41, 5.74) is 0.496. The van der Waals surface area contributed by atoms with E-state index in [9.17, 15) is 19.7 Å². The summed E-state index contributed by atoms with van der Waals surface area (Å²) in [5.74, 6) is 0.340. The number of benzene rings is 2. The van der Waals surface area contributed by atoms with E-state index < -0.39 is 10.5 Å². The molecule has 0 atom stereocenters. The van der Waals surface area contributed by atoms with E-state index in [2.05, 4.69) is 10.3 Å². The molecular formula is C18H16N4O5. The van der Waals surface area contributed by atoms with Gasteiger partial charge in [0.1, 0.15) is 12.3 Å². The van der Waals surface area contributed by atoms with Gasteiger partial charge in [-0.3, -0.25) is 24.3 Å². The number of fused-ring (bicyclic) bond motifs is 1. The van der Waals surface area contributed by atoms with Crippen LogP contribution >= 0.6 is 0 Å². The van der Waals surface area contributed by atoms with Gasteiger partial charge in [0.25, 0.3) is 11.2 Å². The molecule has 0 bridgehead atoms. The Morgan fingerprint density at radius 1 is 1.26 bits per heavy atom. The highest BCUT2D eigenvalue weighted by molar-refractivity contribution is 5.80. The van der Waals surface area contributed by atoms with Gasteiger partial charge in [0.2, 0.25) is 5.91 Å². The first-order valence-electron chi connectivity index (χ1n) is 8.01. The van der Waals surface area contributed by atoms with Crippen LogP contribution in [0.15, 0.2) is 53.6 Å². The maximum atomic E-state index is 12.5. The zero-order valence-electron chi connectivity index (χ0n) is 14.4. The predicted octanol–water partition coefficient (Wildman–Crippen LogP) is 1.63. The van der Waals surface area contributed by atoms with Crippen molar-refractivity contribution in [1.29, 1.82) is 0 Å². The summed E-state index contributed by atoms with van der Waals surface area (Å²) < 4.78 is 6.19. The predicted molar refractivity (Wildman–Crippen MR) is 97.5 cm³/mol. The van der Waals surface area contributed by atoms with Gasteiger partial charge in [-0.25, -0.2) is 4.98 Å². The highest BCUT2D eigenvalue weighted by Crippen LogP contribution is 2.16. The summed E-state index contributed by atoms with van der Waals surface area (Å²) in [7, 11) is 1.57. The van der Waals surface area contributed by atoms with E-state index in [-0.39, 0.29) is 23.5 Å². The minimum Gasteiger partial charge on any atom is -0.497 e. The molecule has 9 nitrogen and oxygen atoms in total. The van der Waals surface area contributed by atoms with Crippen molar-refractivity contribution >= 4 is 22.5 Å². The maximum absolute atomic E-state index is 12.5. The van der Waals surface area contributed by atoms with Gasteiger partial charge >= 0.3 is 0 Å². The number of carbonyl (C=O) groups excluding carboxylic acids is 1. The first-order chi connectivity index (χ1) is 13.0. The summed E-state index contributed by atoms with van der Waals surface area (Å²) in [5, 5.41) is 13.7. The van der Waals surface area contributed by atoms with Crippen LogP contribution in [0.5, 0.6) is 5.75 Å². The third-order valence-electron chi connectivity index (χ3n) is 3.98. The van der Waals surface area contributed by atoms with Crippen molar-refractivity contribution in [2.45, 2.75) is 13.1 Å². The van der Waals surface area contributed by atoms with Crippen LogP contribution in [0.3, 0.4) is 0 Å². The molecule has 3 aromatic rings. The van der Waals surface area contributed by atoms with Gasteiger partial charge < -0.3 is 10.1 Å². The van der Waals surface area contributed by atoms with Crippen molar-refractivity contribution in [2.24, 2.45) is 0 Å². The lowest BCUT2D eigenvalue weighted by Crippen LogP contribution is -2.32. The molecule has 0 unspecified atom stereocenters. The minimum atomic E-state index is -0.586. The van der Waals surface area contributed by atoms with Crippen molar-refractivity contribution < 1.29 is 14.5 Å². The van der Waals surface area contributed by atoms with E-state index in [1.807, 2.05) is 12.1 Å². The lowest BCUT2D eigenvalue weighted by atomic mass is 10.2. The summed E-state index contributed by atoms with van der Waals surface area (Å²) in [4.78, 5) is 39.0. The number of nitrogens with zero attached hydrogens (tertiary/aromatic N) is 3. The summed E-state index contributed by atoms with van der Waals surface area (Å²) in [6, 6.07) is 11.1.